The van der Waals surface area contributed by atoms with Crippen molar-refractivity contribution in [3.63, 3.8) is 0 Å². The molecule has 7 heteroatoms. The first-order chi connectivity index (χ1) is 8.50. The number of rotatable bonds is 2. The third-order valence-electron chi connectivity index (χ3n) is 3.05. The number of piperazine rings is 1. The Morgan fingerprint density at radius 2 is 2.06 bits per heavy atom. The number of hydrogen-bond acceptors (Lipinski definition) is 5. The zero-order valence-electron chi connectivity index (χ0n) is 10.3. The van der Waals surface area contributed by atoms with Crippen molar-refractivity contribution in [2.45, 2.75) is 25.9 Å². The van der Waals surface area contributed by atoms with Gasteiger partial charge in [0.1, 0.15) is 4.92 Å². The number of amides is 1. The number of nitro groups is 1. The second-order valence-corrected chi connectivity index (χ2v) is 4.46. The van der Waals surface area contributed by atoms with E-state index in [2.05, 4.69) is 5.32 Å². The Bertz CT molecular complexity index is 461. The summed E-state index contributed by atoms with van der Waals surface area (Å²) >= 11 is 0. The first-order valence-electron chi connectivity index (χ1n) is 5.78. The predicted molar refractivity (Wildman–Crippen MR) is 63.3 cm³/mol. The molecule has 1 saturated heterocycles. The van der Waals surface area contributed by atoms with Crippen LogP contribution in [-0.2, 0) is 0 Å². The van der Waals surface area contributed by atoms with E-state index in [1.807, 2.05) is 13.8 Å². The largest absolute Gasteiger partial charge is 0.433 e. The summed E-state index contributed by atoms with van der Waals surface area (Å²) in [6.45, 7) is 5.27. The van der Waals surface area contributed by atoms with E-state index in [9.17, 15) is 14.9 Å². The molecule has 98 valence electrons. The molecular formula is C11H15N3O4. The first-order valence-corrected chi connectivity index (χ1v) is 5.78. The van der Waals surface area contributed by atoms with Gasteiger partial charge in [0.05, 0.1) is 6.07 Å². The fraction of sp³-hybridized carbons (Fsp3) is 0.545. The van der Waals surface area contributed by atoms with E-state index >= 15 is 0 Å². The van der Waals surface area contributed by atoms with Crippen molar-refractivity contribution in [2.75, 3.05) is 13.1 Å². The van der Waals surface area contributed by atoms with Crippen LogP contribution >= 0.6 is 0 Å². The van der Waals surface area contributed by atoms with Crippen LogP contribution in [0.1, 0.15) is 24.4 Å². The fourth-order valence-corrected chi connectivity index (χ4v) is 2.20. The van der Waals surface area contributed by atoms with E-state index in [4.69, 9.17) is 4.42 Å². The minimum atomic E-state index is -0.651. The molecule has 1 N–H and O–H groups in total. The minimum absolute atomic E-state index is 0.0160. The summed E-state index contributed by atoms with van der Waals surface area (Å²) in [4.78, 5) is 23.8. The molecule has 1 aromatic rings. The average Bonchev–Trinajstić information content (AvgIpc) is 2.77. The van der Waals surface area contributed by atoms with Crippen molar-refractivity contribution >= 4 is 11.8 Å². The van der Waals surface area contributed by atoms with E-state index < -0.39 is 10.8 Å². The lowest BCUT2D eigenvalue weighted by atomic mass is 10.1. The molecule has 0 aliphatic carbocycles. The zero-order valence-corrected chi connectivity index (χ0v) is 10.3. The van der Waals surface area contributed by atoms with Gasteiger partial charge in [0, 0.05) is 25.2 Å². The Labute approximate surface area is 104 Å². The monoisotopic (exact) mass is 253 g/mol. The second kappa shape index (κ2) is 4.77. The van der Waals surface area contributed by atoms with Gasteiger partial charge < -0.3 is 14.6 Å². The molecule has 2 rings (SSSR count). The molecule has 2 heterocycles. The topological polar surface area (TPSA) is 88.6 Å². The first kappa shape index (κ1) is 12.6. The van der Waals surface area contributed by atoms with Gasteiger partial charge in [0.15, 0.2) is 5.76 Å². The molecule has 1 amide bonds. The highest BCUT2D eigenvalue weighted by molar-refractivity contribution is 5.92. The number of furan rings is 1. The highest BCUT2D eigenvalue weighted by Gasteiger charge is 2.31. The number of hydrogen-bond donors (Lipinski definition) is 1. The van der Waals surface area contributed by atoms with Crippen molar-refractivity contribution in [1.29, 1.82) is 0 Å². The number of nitrogens with one attached hydrogen (secondary N) is 1. The summed E-state index contributed by atoms with van der Waals surface area (Å²) in [5, 5.41) is 13.7. The Morgan fingerprint density at radius 1 is 1.44 bits per heavy atom. The van der Waals surface area contributed by atoms with E-state index in [-0.39, 0.29) is 23.8 Å². The third-order valence-corrected chi connectivity index (χ3v) is 3.05. The molecule has 2 atom stereocenters. The molecule has 7 nitrogen and oxygen atoms in total. The van der Waals surface area contributed by atoms with Crippen molar-refractivity contribution in [3.05, 3.63) is 28.0 Å². The molecule has 1 aliphatic rings. The van der Waals surface area contributed by atoms with Crippen LogP contribution in [0, 0.1) is 10.1 Å². The summed E-state index contributed by atoms with van der Waals surface area (Å²) in [7, 11) is 0. The van der Waals surface area contributed by atoms with Crippen molar-refractivity contribution in [1.82, 2.24) is 10.2 Å². The van der Waals surface area contributed by atoms with Gasteiger partial charge in [0.25, 0.3) is 5.91 Å². The van der Waals surface area contributed by atoms with Gasteiger partial charge in [-0.1, -0.05) is 0 Å². The van der Waals surface area contributed by atoms with Gasteiger partial charge in [-0.25, -0.2) is 0 Å². The lowest BCUT2D eigenvalue weighted by Crippen LogP contribution is -2.57. The summed E-state index contributed by atoms with van der Waals surface area (Å²) in [5.74, 6) is -0.694. The Hall–Kier alpha value is -1.89. The Balaban J connectivity index is 2.21. The van der Waals surface area contributed by atoms with E-state index in [1.54, 1.807) is 4.90 Å². The van der Waals surface area contributed by atoms with Gasteiger partial charge >= 0.3 is 5.88 Å². The normalized spacial score (nSPS) is 24.0. The minimum Gasteiger partial charge on any atom is -0.395 e. The average molecular weight is 253 g/mol. The number of carbonyl (C=O) groups is 1. The van der Waals surface area contributed by atoms with Crippen molar-refractivity contribution < 1.29 is 14.1 Å². The molecule has 0 radical (unpaired) electrons. The Morgan fingerprint density at radius 3 is 2.56 bits per heavy atom. The molecule has 18 heavy (non-hydrogen) atoms. The van der Waals surface area contributed by atoms with Gasteiger partial charge in [-0.2, -0.15) is 0 Å². The van der Waals surface area contributed by atoms with Crippen molar-refractivity contribution in [2.24, 2.45) is 0 Å². The molecule has 0 aromatic carbocycles. The van der Waals surface area contributed by atoms with E-state index in [0.29, 0.717) is 13.1 Å². The zero-order chi connectivity index (χ0) is 13.3. The van der Waals surface area contributed by atoms with Gasteiger partial charge in [-0.05, 0) is 19.9 Å². The van der Waals surface area contributed by atoms with Gasteiger partial charge in [0.2, 0.25) is 0 Å². The van der Waals surface area contributed by atoms with E-state index in [1.165, 1.54) is 12.1 Å². The van der Waals surface area contributed by atoms with Gasteiger partial charge in [-0.3, -0.25) is 14.9 Å². The summed E-state index contributed by atoms with van der Waals surface area (Å²) in [6.07, 6.45) is 0. The van der Waals surface area contributed by atoms with Crippen LogP contribution in [-0.4, -0.2) is 40.9 Å². The molecular weight excluding hydrogens is 238 g/mol. The lowest BCUT2D eigenvalue weighted by Gasteiger charge is -2.38. The summed E-state index contributed by atoms with van der Waals surface area (Å²) < 4.78 is 4.95. The van der Waals surface area contributed by atoms with Crippen LogP contribution in [0.5, 0.6) is 0 Å². The maximum atomic E-state index is 12.2. The molecule has 1 aliphatic heterocycles. The lowest BCUT2D eigenvalue weighted by molar-refractivity contribution is -0.402. The van der Waals surface area contributed by atoms with Crippen LogP contribution in [0.15, 0.2) is 16.5 Å². The molecule has 0 saturated carbocycles. The third kappa shape index (κ3) is 2.21. The standard InChI is InChI=1S/C11H15N3O4/c1-7-5-12-6-8(2)13(7)11(15)9-3-4-10(18-9)14(16)17/h3-4,7-8,12H,5-6H2,1-2H3. The highest BCUT2D eigenvalue weighted by Crippen LogP contribution is 2.20. The smallest absolute Gasteiger partial charge is 0.395 e. The van der Waals surface area contributed by atoms with Crippen molar-refractivity contribution in [3.8, 4) is 0 Å². The van der Waals surface area contributed by atoms with Crippen LogP contribution in [0.25, 0.3) is 0 Å². The molecule has 0 spiro atoms. The summed E-state index contributed by atoms with van der Waals surface area (Å²) in [6, 6.07) is 2.61. The maximum absolute atomic E-state index is 12.2. The molecule has 1 fully saturated rings. The van der Waals surface area contributed by atoms with Crippen LogP contribution in [0.4, 0.5) is 5.88 Å². The Kier molecular flexibility index (Phi) is 3.33. The highest BCUT2D eigenvalue weighted by atomic mass is 16.6. The molecule has 0 bridgehead atoms. The van der Waals surface area contributed by atoms with E-state index in [0.717, 1.165) is 0 Å². The van der Waals surface area contributed by atoms with Crippen LogP contribution < -0.4 is 5.32 Å². The SMILES string of the molecule is CC1CNCC(C)N1C(=O)c1ccc([N+](=O)[O-])o1. The summed E-state index contributed by atoms with van der Waals surface area (Å²) in [5.41, 5.74) is 0. The fourth-order valence-electron chi connectivity index (χ4n) is 2.20. The predicted octanol–water partition coefficient (Wildman–Crippen LogP) is 1.01. The van der Waals surface area contributed by atoms with Gasteiger partial charge in [-0.15, -0.1) is 0 Å². The quantitative estimate of drug-likeness (QED) is 0.627. The van der Waals surface area contributed by atoms with Crippen LogP contribution in [0.3, 0.4) is 0 Å². The molecule has 2 unspecified atom stereocenters. The maximum Gasteiger partial charge on any atom is 0.433 e. The number of carbonyl (C=O) groups excluding carboxylic acids is 1. The molecule has 1 aromatic heterocycles. The number of nitrogens with zero attached hydrogens (tertiary/aromatic N) is 2. The second-order valence-electron chi connectivity index (χ2n) is 4.46. The van der Waals surface area contributed by atoms with Crippen LogP contribution in [0.2, 0.25) is 0 Å².